The van der Waals surface area contributed by atoms with Gasteiger partial charge < -0.3 is 4.74 Å². The lowest BCUT2D eigenvalue weighted by molar-refractivity contribution is 0.0735. The first-order valence-corrected chi connectivity index (χ1v) is 10.2. The molecule has 3 aromatic heterocycles. The molecule has 0 radical (unpaired) electrons. The second-order valence-corrected chi connectivity index (χ2v) is 7.63. The highest BCUT2D eigenvalue weighted by atomic mass is 16.5. The van der Waals surface area contributed by atoms with Gasteiger partial charge in [-0.3, -0.25) is 9.97 Å². The van der Waals surface area contributed by atoms with Crippen molar-refractivity contribution in [3.05, 3.63) is 90.3 Å². The maximum Gasteiger partial charge on any atom is 0.343 e. The predicted octanol–water partition coefficient (Wildman–Crippen LogP) is 5.41. The van der Waals surface area contributed by atoms with Gasteiger partial charge in [0, 0.05) is 23.2 Å². The van der Waals surface area contributed by atoms with Gasteiger partial charge >= 0.3 is 5.97 Å². The molecule has 0 saturated carbocycles. The van der Waals surface area contributed by atoms with E-state index in [4.69, 9.17) is 14.7 Å². The Morgan fingerprint density at radius 2 is 1.34 bits per heavy atom. The Hall–Kier alpha value is -4.45. The molecule has 0 bridgehead atoms. The smallest absolute Gasteiger partial charge is 0.343 e. The van der Waals surface area contributed by atoms with Gasteiger partial charge in [0.1, 0.15) is 5.75 Å². The van der Waals surface area contributed by atoms with Gasteiger partial charge in [0.05, 0.1) is 38.7 Å². The van der Waals surface area contributed by atoms with Crippen LogP contribution < -0.4 is 4.74 Å². The molecule has 3 aromatic carbocycles. The van der Waals surface area contributed by atoms with Crippen LogP contribution in [0.3, 0.4) is 0 Å². The van der Waals surface area contributed by atoms with E-state index in [1.165, 1.54) is 0 Å². The van der Waals surface area contributed by atoms with E-state index in [0.717, 1.165) is 38.4 Å². The first kappa shape index (κ1) is 18.3. The van der Waals surface area contributed by atoms with Crippen LogP contribution in [0.4, 0.5) is 0 Å². The number of nitrogens with zero attached hydrogens (tertiary/aromatic N) is 4. The zero-order valence-electron chi connectivity index (χ0n) is 17.1. The van der Waals surface area contributed by atoms with Crippen molar-refractivity contribution in [2.45, 2.75) is 6.92 Å². The van der Waals surface area contributed by atoms with Crippen molar-refractivity contribution in [1.29, 1.82) is 0 Å². The standard InChI is InChI=1S/C26H16N4O2/c1-15-6-9-17(10-7-15)32-26(31)16-8-11-20-21(14-16)30-25-19-5-3-13-28-23(19)22-18(24(25)29-20)4-2-12-27-22/h2-14H,1H3. The Morgan fingerprint density at radius 1 is 0.719 bits per heavy atom. The van der Waals surface area contributed by atoms with E-state index in [1.54, 1.807) is 42.7 Å². The third kappa shape index (κ3) is 2.93. The van der Waals surface area contributed by atoms with Crippen LogP contribution in [-0.2, 0) is 0 Å². The summed E-state index contributed by atoms with van der Waals surface area (Å²) in [6.07, 6.45) is 3.50. The summed E-state index contributed by atoms with van der Waals surface area (Å²) in [5, 5.41) is 1.77. The third-order valence-corrected chi connectivity index (χ3v) is 5.48. The maximum absolute atomic E-state index is 12.7. The van der Waals surface area contributed by atoms with Crippen molar-refractivity contribution >= 4 is 49.8 Å². The number of hydrogen-bond donors (Lipinski definition) is 0. The monoisotopic (exact) mass is 416 g/mol. The average Bonchev–Trinajstić information content (AvgIpc) is 2.84. The number of fused-ring (bicyclic) bond motifs is 7. The number of pyridine rings is 2. The topological polar surface area (TPSA) is 77.9 Å². The van der Waals surface area contributed by atoms with E-state index in [-0.39, 0.29) is 0 Å². The van der Waals surface area contributed by atoms with E-state index in [9.17, 15) is 4.79 Å². The second kappa shape index (κ2) is 7.06. The van der Waals surface area contributed by atoms with Crippen LogP contribution in [0, 0.1) is 6.92 Å². The van der Waals surface area contributed by atoms with Crippen molar-refractivity contribution in [3.8, 4) is 5.75 Å². The number of rotatable bonds is 2. The molecule has 0 aliphatic heterocycles. The van der Waals surface area contributed by atoms with Crippen LogP contribution >= 0.6 is 0 Å². The van der Waals surface area contributed by atoms with Gasteiger partial charge in [-0.25, -0.2) is 14.8 Å². The molecule has 3 heterocycles. The summed E-state index contributed by atoms with van der Waals surface area (Å²) in [5.41, 5.74) is 5.88. The molecule has 6 heteroatoms. The zero-order chi connectivity index (χ0) is 21.7. The predicted molar refractivity (Wildman–Crippen MR) is 124 cm³/mol. The van der Waals surface area contributed by atoms with Crippen molar-refractivity contribution in [2.24, 2.45) is 0 Å². The van der Waals surface area contributed by atoms with E-state index in [0.29, 0.717) is 22.3 Å². The fourth-order valence-electron chi connectivity index (χ4n) is 3.90. The largest absolute Gasteiger partial charge is 0.423 e. The minimum Gasteiger partial charge on any atom is -0.423 e. The van der Waals surface area contributed by atoms with Gasteiger partial charge in [0.25, 0.3) is 0 Å². The van der Waals surface area contributed by atoms with Gasteiger partial charge in [0.2, 0.25) is 0 Å². The molecule has 6 nitrogen and oxygen atoms in total. The Bertz CT molecular complexity index is 1680. The first-order chi connectivity index (χ1) is 15.7. The Balaban J connectivity index is 1.53. The van der Waals surface area contributed by atoms with Gasteiger partial charge in [-0.2, -0.15) is 0 Å². The van der Waals surface area contributed by atoms with Crippen molar-refractivity contribution < 1.29 is 9.53 Å². The number of aryl methyl sites for hydroxylation is 1. The molecule has 0 aliphatic rings. The van der Waals surface area contributed by atoms with E-state index in [1.807, 2.05) is 43.3 Å². The molecule has 0 aliphatic carbocycles. The normalized spacial score (nSPS) is 11.4. The molecule has 0 amide bonds. The molecule has 32 heavy (non-hydrogen) atoms. The lowest BCUT2D eigenvalue weighted by Crippen LogP contribution is -2.08. The van der Waals surface area contributed by atoms with Crippen LogP contribution in [0.2, 0.25) is 0 Å². The van der Waals surface area contributed by atoms with Crippen LogP contribution in [0.1, 0.15) is 15.9 Å². The molecular formula is C26H16N4O2. The molecular weight excluding hydrogens is 400 g/mol. The molecule has 0 spiro atoms. The second-order valence-electron chi connectivity index (χ2n) is 7.63. The summed E-state index contributed by atoms with van der Waals surface area (Å²) in [6.45, 7) is 1.98. The number of benzene rings is 3. The average molecular weight is 416 g/mol. The van der Waals surface area contributed by atoms with Gasteiger partial charge in [-0.05, 0) is 61.5 Å². The van der Waals surface area contributed by atoms with Crippen molar-refractivity contribution in [1.82, 2.24) is 19.9 Å². The summed E-state index contributed by atoms with van der Waals surface area (Å²) in [4.78, 5) is 31.5. The van der Waals surface area contributed by atoms with Crippen LogP contribution in [0.5, 0.6) is 5.75 Å². The number of carbonyl (C=O) groups is 1. The van der Waals surface area contributed by atoms with Crippen molar-refractivity contribution in [2.75, 3.05) is 0 Å². The summed E-state index contributed by atoms with van der Waals surface area (Å²) >= 11 is 0. The van der Waals surface area contributed by atoms with E-state index in [2.05, 4.69) is 9.97 Å². The molecule has 0 atom stereocenters. The number of esters is 1. The van der Waals surface area contributed by atoms with Gasteiger partial charge in [-0.15, -0.1) is 0 Å². The van der Waals surface area contributed by atoms with E-state index >= 15 is 0 Å². The van der Waals surface area contributed by atoms with Gasteiger partial charge in [-0.1, -0.05) is 17.7 Å². The Kier molecular flexibility index (Phi) is 4.04. The molecule has 0 N–H and O–H groups in total. The van der Waals surface area contributed by atoms with Gasteiger partial charge in [0.15, 0.2) is 0 Å². The lowest BCUT2D eigenvalue weighted by Gasteiger charge is -2.09. The fraction of sp³-hybridized carbons (Fsp3) is 0.0385. The molecule has 6 aromatic rings. The van der Waals surface area contributed by atoms with Crippen LogP contribution in [-0.4, -0.2) is 25.9 Å². The summed E-state index contributed by atoms with van der Waals surface area (Å²) in [5.74, 6) is 0.0632. The third-order valence-electron chi connectivity index (χ3n) is 5.48. The summed E-state index contributed by atoms with van der Waals surface area (Å²) < 4.78 is 5.51. The molecule has 0 saturated heterocycles. The maximum atomic E-state index is 12.7. The summed E-state index contributed by atoms with van der Waals surface area (Å²) in [7, 11) is 0. The minimum atomic E-state index is -0.438. The quantitative estimate of drug-likeness (QED) is 0.163. The SMILES string of the molecule is Cc1ccc(OC(=O)c2ccc3nc4c5cccnc5c5ncccc5c4nc3c2)cc1. The number of ether oxygens (including phenoxy) is 1. The highest BCUT2D eigenvalue weighted by Crippen LogP contribution is 2.31. The Labute approximate surface area is 182 Å². The first-order valence-electron chi connectivity index (χ1n) is 10.2. The number of carbonyl (C=O) groups excluding carboxylic acids is 1. The fourth-order valence-corrected chi connectivity index (χ4v) is 3.90. The molecule has 6 rings (SSSR count). The highest BCUT2D eigenvalue weighted by molar-refractivity contribution is 6.21. The highest BCUT2D eigenvalue weighted by Gasteiger charge is 2.15. The summed E-state index contributed by atoms with van der Waals surface area (Å²) in [6, 6.07) is 20.3. The minimum absolute atomic E-state index is 0.414. The molecule has 0 unspecified atom stereocenters. The molecule has 0 fully saturated rings. The Morgan fingerprint density at radius 3 is 2.00 bits per heavy atom. The van der Waals surface area contributed by atoms with Crippen molar-refractivity contribution in [3.63, 3.8) is 0 Å². The van der Waals surface area contributed by atoms with Crippen LogP contribution in [0.15, 0.2) is 79.1 Å². The van der Waals surface area contributed by atoms with E-state index < -0.39 is 5.97 Å². The zero-order valence-corrected chi connectivity index (χ0v) is 17.1. The molecule has 152 valence electrons. The van der Waals surface area contributed by atoms with Crippen LogP contribution in [0.25, 0.3) is 43.9 Å². The number of aromatic nitrogens is 4. The number of hydrogen-bond acceptors (Lipinski definition) is 6. The lowest BCUT2D eigenvalue weighted by atomic mass is 10.1.